The van der Waals surface area contributed by atoms with Crippen molar-refractivity contribution in [3.63, 3.8) is 0 Å². The molecule has 2 N–H and O–H groups in total. The van der Waals surface area contributed by atoms with Crippen LogP contribution in [0.4, 0.5) is 0 Å². The monoisotopic (exact) mass is 404 g/mol. The van der Waals surface area contributed by atoms with Crippen LogP contribution in [0, 0.1) is 29.6 Å². The normalized spacial score (nSPS) is 45.7. The first-order valence-corrected chi connectivity index (χ1v) is 9.63. The maximum absolute atomic E-state index is 13.7. The SMILES string of the molecule is C=C(C)C1CC(=O)C(O)(C(=O)OC)C2C(=O)C3C4C(=CC12)C(=O)OC4CC3(C)O. The molecule has 3 aliphatic carbocycles. The van der Waals surface area contributed by atoms with Gasteiger partial charge in [0.1, 0.15) is 11.9 Å². The summed E-state index contributed by atoms with van der Waals surface area (Å²) in [4.78, 5) is 51.7. The second-order valence-corrected chi connectivity index (χ2v) is 8.93. The average molecular weight is 404 g/mol. The van der Waals surface area contributed by atoms with Gasteiger partial charge in [-0.15, -0.1) is 0 Å². The lowest BCUT2D eigenvalue weighted by atomic mass is 9.59. The lowest BCUT2D eigenvalue weighted by molar-refractivity contribution is -0.186. The fourth-order valence-electron chi connectivity index (χ4n) is 5.85. The minimum Gasteiger partial charge on any atom is -0.467 e. The second-order valence-electron chi connectivity index (χ2n) is 8.93. The Morgan fingerprint density at radius 3 is 2.52 bits per heavy atom. The molecule has 0 bridgehead atoms. The van der Waals surface area contributed by atoms with Crippen LogP contribution in [0.25, 0.3) is 0 Å². The van der Waals surface area contributed by atoms with Crippen LogP contribution < -0.4 is 0 Å². The molecule has 1 heterocycles. The molecule has 29 heavy (non-hydrogen) atoms. The van der Waals surface area contributed by atoms with E-state index in [4.69, 9.17) is 4.74 Å². The summed E-state index contributed by atoms with van der Waals surface area (Å²) in [6.07, 6.45) is 0.728. The van der Waals surface area contributed by atoms with Crippen molar-refractivity contribution in [3.05, 3.63) is 23.8 Å². The van der Waals surface area contributed by atoms with Gasteiger partial charge in [0.2, 0.25) is 5.60 Å². The Morgan fingerprint density at radius 2 is 1.93 bits per heavy atom. The molecule has 0 radical (unpaired) electrons. The molecule has 4 rings (SSSR count). The first-order valence-electron chi connectivity index (χ1n) is 9.63. The molecular weight excluding hydrogens is 380 g/mol. The average Bonchev–Trinajstić information content (AvgIpc) is 2.98. The van der Waals surface area contributed by atoms with Gasteiger partial charge in [-0.3, -0.25) is 9.59 Å². The number of hydrogen-bond donors (Lipinski definition) is 2. The van der Waals surface area contributed by atoms with Crippen LogP contribution in [-0.2, 0) is 28.7 Å². The van der Waals surface area contributed by atoms with Gasteiger partial charge in [-0.05, 0) is 25.7 Å². The predicted octanol–water partition coefficient (Wildman–Crippen LogP) is 0.110. The third-order valence-corrected chi connectivity index (χ3v) is 7.14. The molecule has 1 aliphatic heterocycles. The van der Waals surface area contributed by atoms with Crippen LogP contribution in [0.3, 0.4) is 0 Å². The number of fused-ring (bicyclic) bond motifs is 1. The molecule has 0 spiro atoms. The summed E-state index contributed by atoms with van der Waals surface area (Å²) in [6.45, 7) is 7.06. The largest absolute Gasteiger partial charge is 0.467 e. The van der Waals surface area contributed by atoms with Crippen molar-refractivity contribution in [1.29, 1.82) is 0 Å². The summed E-state index contributed by atoms with van der Waals surface area (Å²) in [5.74, 6) is -7.89. The summed E-state index contributed by atoms with van der Waals surface area (Å²) in [6, 6.07) is 0. The van der Waals surface area contributed by atoms with Gasteiger partial charge < -0.3 is 19.7 Å². The van der Waals surface area contributed by atoms with Crippen molar-refractivity contribution >= 4 is 23.5 Å². The zero-order valence-corrected chi connectivity index (χ0v) is 16.5. The molecule has 3 fully saturated rings. The highest BCUT2D eigenvalue weighted by Crippen LogP contribution is 2.57. The number of carbonyl (C=O) groups excluding carboxylic acids is 4. The standard InChI is InChI=1S/C21H24O8/c1-8(2)9-6-13(22)21(27,19(25)28-4)15-10(9)5-11-14-12(29-18(11)24)7-20(3,26)16(14)17(15)23/h5,9-10,12,14-16,26-27H,1,6-7H2,2-4H3. The van der Waals surface area contributed by atoms with Crippen LogP contribution >= 0.6 is 0 Å². The second kappa shape index (κ2) is 6.09. The number of ether oxygens (including phenoxy) is 2. The fourth-order valence-corrected chi connectivity index (χ4v) is 5.85. The van der Waals surface area contributed by atoms with E-state index in [-0.39, 0.29) is 18.4 Å². The van der Waals surface area contributed by atoms with E-state index in [1.54, 1.807) is 13.0 Å². The van der Waals surface area contributed by atoms with Crippen molar-refractivity contribution in [1.82, 2.24) is 0 Å². The third-order valence-electron chi connectivity index (χ3n) is 7.14. The Hall–Kier alpha value is -2.32. The van der Waals surface area contributed by atoms with Gasteiger partial charge in [0.05, 0.1) is 24.5 Å². The van der Waals surface area contributed by atoms with E-state index in [2.05, 4.69) is 11.3 Å². The Bertz CT molecular complexity index is 883. The van der Waals surface area contributed by atoms with Crippen LogP contribution in [0.5, 0.6) is 0 Å². The van der Waals surface area contributed by atoms with Crippen LogP contribution in [0.2, 0.25) is 0 Å². The van der Waals surface area contributed by atoms with Gasteiger partial charge >= 0.3 is 11.9 Å². The summed E-state index contributed by atoms with van der Waals surface area (Å²) >= 11 is 0. The Labute approximate surface area is 167 Å². The molecule has 4 aliphatic rings. The van der Waals surface area contributed by atoms with E-state index in [9.17, 15) is 29.4 Å². The lowest BCUT2D eigenvalue weighted by Crippen LogP contribution is -2.63. The molecule has 8 nitrogen and oxygen atoms in total. The highest BCUT2D eigenvalue weighted by atomic mass is 16.6. The number of allylic oxidation sites excluding steroid dienone is 2. The third kappa shape index (κ3) is 2.45. The van der Waals surface area contributed by atoms with E-state index in [1.807, 2.05) is 0 Å². The topological polar surface area (TPSA) is 127 Å². The minimum absolute atomic E-state index is 0.0586. The number of ketones is 2. The Kier molecular flexibility index (Phi) is 4.19. The smallest absolute Gasteiger partial charge is 0.346 e. The van der Waals surface area contributed by atoms with Crippen molar-refractivity contribution < 1.29 is 38.9 Å². The maximum Gasteiger partial charge on any atom is 0.346 e. The lowest BCUT2D eigenvalue weighted by Gasteiger charge is -2.44. The van der Waals surface area contributed by atoms with Crippen molar-refractivity contribution in [3.8, 4) is 0 Å². The number of methoxy groups -OCH3 is 1. The highest BCUT2D eigenvalue weighted by molar-refractivity contribution is 6.13. The van der Waals surface area contributed by atoms with Crippen molar-refractivity contribution in [2.45, 2.75) is 44.0 Å². The predicted molar refractivity (Wildman–Crippen MR) is 97.1 cm³/mol. The number of hydrogen-bond acceptors (Lipinski definition) is 8. The first kappa shape index (κ1) is 20.0. The van der Waals surface area contributed by atoms with E-state index in [0.29, 0.717) is 5.57 Å². The molecule has 8 unspecified atom stereocenters. The van der Waals surface area contributed by atoms with E-state index in [0.717, 1.165) is 7.11 Å². The summed E-state index contributed by atoms with van der Waals surface area (Å²) in [5.41, 5.74) is -3.36. The Balaban J connectivity index is 1.97. The number of Topliss-reactive ketones (excluding diaryl/α,β-unsaturated/α-hetero) is 2. The molecule has 0 aromatic carbocycles. The van der Waals surface area contributed by atoms with Crippen LogP contribution in [-0.4, -0.2) is 58.1 Å². The van der Waals surface area contributed by atoms with Gasteiger partial charge in [-0.25, -0.2) is 9.59 Å². The molecule has 156 valence electrons. The van der Waals surface area contributed by atoms with Gasteiger partial charge in [0, 0.05) is 24.3 Å². The van der Waals surface area contributed by atoms with E-state index in [1.165, 1.54) is 6.92 Å². The van der Waals surface area contributed by atoms with Gasteiger partial charge in [0.15, 0.2) is 5.78 Å². The molecule has 0 aromatic rings. The summed E-state index contributed by atoms with van der Waals surface area (Å²) in [7, 11) is 1.03. The van der Waals surface area contributed by atoms with Gasteiger partial charge in [-0.1, -0.05) is 18.2 Å². The fraction of sp³-hybridized carbons (Fsp3) is 0.619. The minimum atomic E-state index is -2.68. The number of rotatable bonds is 2. The van der Waals surface area contributed by atoms with Gasteiger partial charge in [0.25, 0.3) is 0 Å². The zero-order chi connectivity index (χ0) is 21.5. The summed E-state index contributed by atoms with van der Waals surface area (Å²) in [5, 5.41) is 22.2. The zero-order valence-electron chi connectivity index (χ0n) is 16.5. The van der Waals surface area contributed by atoms with E-state index < -0.39 is 70.4 Å². The number of carbonyl (C=O) groups is 4. The molecule has 0 amide bonds. The first-order chi connectivity index (χ1) is 13.4. The number of aliphatic hydroxyl groups is 2. The molecule has 8 heteroatoms. The number of esters is 2. The summed E-state index contributed by atoms with van der Waals surface area (Å²) < 4.78 is 10.1. The molecule has 1 saturated heterocycles. The van der Waals surface area contributed by atoms with Crippen molar-refractivity contribution in [2.24, 2.45) is 29.6 Å². The molecule has 0 aromatic heterocycles. The van der Waals surface area contributed by atoms with Crippen LogP contribution in [0.15, 0.2) is 23.8 Å². The van der Waals surface area contributed by atoms with Gasteiger partial charge in [-0.2, -0.15) is 0 Å². The molecule has 8 atom stereocenters. The highest BCUT2D eigenvalue weighted by Gasteiger charge is 2.69. The molecule has 2 saturated carbocycles. The van der Waals surface area contributed by atoms with E-state index >= 15 is 0 Å². The molecular formula is C21H24O8. The van der Waals surface area contributed by atoms with Crippen LogP contribution in [0.1, 0.15) is 26.7 Å². The van der Waals surface area contributed by atoms with Crippen molar-refractivity contribution in [2.75, 3.05) is 7.11 Å². The quantitative estimate of drug-likeness (QED) is 0.377. The Morgan fingerprint density at radius 1 is 1.28 bits per heavy atom. The maximum atomic E-state index is 13.7.